The van der Waals surface area contributed by atoms with E-state index in [4.69, 9.17) is 9.47 Å². The lowest BCUT2D eigenvalue weighted by atomic mass is 10.1. The van der Waals surface area contributed by atoms with Crippen molar-refractivity contribution in [3.05, 3.63) is 59.7 Å². The summed E-state index contributed by atoms with van der Waals surface area (Å²) in [4.78, 5) is 40.5. The smallest absolute Gasteiger partial charge is 0.254 e. The predicted molar refractivity (Wildman–Crippen MR) is 112 cm³/mol. The first-order chi connectivity index (χ1) is 14.5. The van der Waals surface area contributed by atoms with Crippen LogP contribution in [0.3, 0.4) is 0 Å². The molecule has 0 bridgehead atoms. The van der Waals surface area contributed by atoms with Gasteiger partial charge in [0.15, 0.2) is 11.5 Å². The first-order valence-electron chi connectivity index (χ1n) is 10.1. The summed E-state index contributed by atoms with van der Waals surface area (Å²) in [7, 11) is 0. The van der Waals surface area contributed by atoms with Crippen LogP contribution in [0.2, 0.25) is 0 Å². The lowest BCUT2D eigenvalue weighted by Gasteiger charge is -2.32. The van der Waals surface area contributed by atoms with Crippen LogP contribution >= 0.6 is 0 Å². The molecule has 1 aliphatic heterocycles. The maximum atomic E-state index is 12.9. The van der Waals surface area contributed by atoms with Gasteiger partial charge in [-0.1, -0.05) is 30.3 Å². The first-order valence-corrected chi connectivity index (χ1v) is 10.1. The molecule has 2 aromatic rings. The van der Waals surface area contributed by atoms with E-state index in [1.807, 2.05) is 44.2 Å². The maximum absolute atomic E-state index is 12.9. The summed E-state index contributed by atoms with van der Waals surface area (Å²) in [6.07, 6.45) is 0.586. The Morgan fingerprint density at radius 2 is 1.53 bits per heavy atom. The Balaban J connectivity index is 1.67. The van der Waals surface area contributed by atoms with Crippen molar-refractivity contribution in [3.63, 3.8) is 0 Å². The molecule has 3 rings (SSSR count). The Morgan fingerprint density at radius 3 is 2.17 bits per heavy atom. The van der Waals surface area contributed by atoms with Gasteiger partial charge in [-0.2, -0.15) is 0 Å². The van der Waals surface area contributed by atoms with Gasteiger partial charge < -0.3 is 14.4 Å². The van der Waals surface area contributed by atoms with E-state index >= 15 is 0 Å². The van der Waals surface area contributed by atoms with E-state index in [1.165, 1.54) is 9.80 Å². The fourth-order valence-electron chi connectivity index (χ4n) is 3.34. The lowest BCUT2D eigenvalue weighted by molar-refractivity contribution is -0.150. The minimum atomic E-state index is -0.386. The lowest BCUT2D eigenvalue weighted by Crippen LogP contribution is -2.55. The van der Waals surface area contributed by atoms with Crippen LogP contribution in [-0.2, 0) is 16.0 Å². The molecule has 158 valence electrons. The van der Waals surface area contributed by atoms with Gasteiger partial charge in [0.05, 0.1) is 13.2 Å². The summed E-state index contributed by atoms with van der Waals surface area (Å²) >= 11 is 0. The zero-order valence-electron chi connectivity index (χ0n) is 17.3. The second-order valence-electron chi connectivity index (χ2n) is 6.86. The monoisotopic (exact) mass is 410 g/mol. The van der Waals surface area contributed by atoms with Gasteiger partial charge in [0.1, 0.15) is 13.1 Å². The standard InChI is InChI=1S/C23H26N2O5/c1-3-29-19-11-10-18(14-20(19)30-4-2)23(28)24-15-21(26)25(22(27)16-24)13-12-17-8-6-5-7-9-17/h5-11,14H,3-4,12-13,15-16H2,1-2H3. The Morgan fingerprint density at radius 1 is 0.900 bits per heavy atom. The third-order valence-electron chi connectivity index (χ3n) is 4.80. The number of hydrogen-bond acceptors (Lipinski definition) is 5. The van der Waals surface area contributed by atoms with E-state index in [0.717, 1.165) is 5.56 Å². The van der Waals surface area contributed by atoms with Crippen molar-refractivity contribution < 1.29 is 23.9 Å². The molecule has 1 aliphatic rings. The van der Waals surface area contributed by atoms with Crippen LogP contribution in [0.15, 0.2) is 48.5 Å². The quantitative estimate of drug-likeness (QED) is 0.625. The number of ether oxygens (including phenoxy) is 2. The molecule has 0 N–H and O–H groups in total. The zero-order chi connectivity index (χ0) is 21.5. The van der Waals surface area contributed by atoms with Crippen LogP contribution < -0.4 is 9.47 Å². The van der Waals surface area contributed by atoms with Gasteiger partial charge in [-0.15, -0.1) is 0 Å². The van der Waals surface area contributed by atoms with E-state index in [2.05, 4.69) is 0 Å². The average Bonchev–Trinajstić information content (AvgIpc) is 2.75. The van der Waals surface area contributed by atoms with Crippen LogP contribution in [0.5, 0.6) is 11.5 Å². The highest BCUT2D eigenvalue weighted by atomic mass is 16.5. The van der Waals surface area contributed by atoms with E-state index < -0.39 is 0 Å². The molecule has 1 heterocycles. The summed E-state index contributed by atoms with van der Waals surface area (Å²) in [6, 6.07) is 14.5. The fourth-order valence-corrected chi connectivity index (χ4v) is 3.34. The number of carbonyl (C=O) groups is 3. The van der Waals surface area contributed by atoms with Crippen LogP contribution in [0.1, 0.15) is 29.8 Å². The first kappa shape index (κ1) is 21.4. The Kier molecular flexibility index (Phi) is 7.06. The SMILES string of the molecule is CCOc1ccc(C(=O)N2CC(=O)N(CCc3ccccc3)C(=O)C2)cc1OCC. The van der Waals surface area contributed by atoms with Crippen molar-refractivity contribution in [1.82, 2.24) is 9.80 Å². The summed E-state index contributed by atoms with van der Waals surface area (Å²) in [6.45, 7) is 4.66. The highest BCUT2D eigenvalue weighted by molar-refractivity contribution is 6.06. The molecule has 0 atom stereocenters. The molecule has 0 aliphatic carbocycles. The van der Waals surface area contributed by atoms with Crippen LogP contribution in [0, 0.1) is 0 Å². The van der Waals surface area contributed by atoms with Gasteiger partial charge in [0.25, 0.3) is 5.91 Å². The number of imide groups is 1. The number of amides is 3. The minimum absolute atomic E-state index is 0.128. The van der Waals surface area contributed by atoms with Gasteiger partial charge >= 0.3 is 0 Å². The van der Waals surface area contributed by atoms with Crippen molar-refractivity contribution in [2.24, 2.45) is 0 Å². The largest absolute Gasteiger partial charge is 0.490 e. The molecule has 7 nitrogen and oxygen atoms in total. The molecule has 30 heavy (non-hydrogen) atoms. The second kappa shape index (κ2) is 9.91. The van der Waals surface area contributed by atoms with Gasteiger partial charge in [-0.25, -0.2) is 0 Å². The molecular weight excluding hydrogens is 384 g/mol. The number of nitrogens with zero attached hydrogens (tertiary/aromatic N) is 2. The Bertz CT molecular complexity index is 895. The van der Waals surface area contributed by atoms with Gasteiger partial charge in [0, 0.05) is 12.1 Å². The Hall–Kier alpha value is -3.35. The molecule has 2 aromatic carbocycles. The maximum Gasteiger partial charge on any atom is 0.254 e. The predicted octanol–water partition coefficient (Wildman–Crippen LogP) is 2.54. The summed E-state index contributed by atoms with van der Waals surface area (Å²) in [5.41, 5.74) is 1.40. The highest BCUT2D eigenvalue weighted by Crippen LogP contribution is 2.29. The van der Waals surface area contributed by atoms with E-state index in [0.29, 0.717) is 43.2 Å². The number of benzene rings is 2. The zero-order valence-corrected chi connectivity index (χ0v) is 17.3. The number of piperazine rings is 1. The number of rotatable bonds is 8. The normalized spacial score (nSPS) is 14.1. The molecule has 1 fully saturated rings. The molecule has 3 amide bonds. The van der Waals surface area contributed by atoms with Gasteiger partial charge in [0.2, 0.25) is 11.8 Å². The topological polar surface area (TPSA) is 76.2 Å². The fraction of sp³-hybridized carbons (Fsp3) is 0.348. The third kappa shape index (κ3) is 4.97. The van der Waals surface area contributed by atoms with Gasteiger partial charge in [-0.05, 0) is 44.0 Å². The average molecular weight is 410 g/mol. The molecule has 1 saturated heterocycles. The van der Waals surface area contributed by atoms with Crippen molar-refractivity contribution in [3.8, 4) is 11.5 Å². The second-order valence-corrected chi connectivity index (χ2v) is 6.86. The number of hydrogen-bond donors (Lipinski definition) is 0. The van der Waals surface area contributed by atoms with Crippen LogP contribution in [-0.4, -0.2) is 60.4 Å². The van der Waals surface area contributed by atoms with Crippen molar-refractivity contribution >= 4 is 17.7 Å². The molecule has 0 saturated carbocycles. The van der Waals surface area contributed by atoms with E-state index in [1.54, 1.807) is 18.2 Å². The highest BCUT2D eigenvalue weighted by Gasteiger charge is 2.33. The van der Waals surface area contributed by atoms with Crippen LogP contribution in [0.25, 0.3) is 0 Å². The molecule has 0 unspecified atom stereocenters. The molecule has 0 radical (unpaired) electrons. The third-order valence-corrected chi connectivity index (χ3v) is 4.80. The number of carbonyl (C=O) groups excluding carboxylic acids is 3. The van der Waals surface area contributed by atoms with Crippen molar-refractivity contribution in [2.75, 3.05) is 32.8 Å². The van der Waals surface area contributed by atoms with Gasteiger partial charge in [-0.3, -0.25) is 19.3 Å². The van der Waals surface area contributed by atoms with E-state index in [9.17, 15) is 14.4 Å². The molecule has 0 aromatic heterocycles. The minimum Gasteiger partial charge on any atom is -0.490 e. The van der Waals surface area contributed by atoms with E-state index in [-0.39, 0.29) is 30.8 Å². The summed E-state index contributed by atoms with van der Waals surface area (Å²) < 4.78 is 11.1. The summed E-state index contributed by atoms with van der Waals surface area (Å²) in [5, 5.41) is 0. The molecule has 7 heteroatoms. The Labute approximate surface area is 176 Å². The van der Waals surface area contributed by atoms with Crippen molar-refractivity contribution in [2.45, 2.75) is 20.3 Å². The molecular formula is C23H26N2O5. The summed E-state index contributed by atoms with van der Waals surface area (Å²) in [5.74, 6) is -0.112. The molecule has 0 spiro atoms. The van der Waals surface area contributed by atoms with Crippen molar-refractivity contribution in [1.29, 1.82) is 0 Å². The van der Waals surface area contributed by atoms with Crippen LogP contribution in [0.4, 0.5) is 0 Å².